The first-order chi connectivity index (χ1) is 10.6. The first-order valence-corrected chi connectivity index (χ1v) is 8.35. The molecular weight excluding hydrogens is 368 g/mol. The maximum Gasteiger partial charge on any atom is 0.251 e. The van der Waals surface area contributed by atoms with Gasteiger partial charge in [0.2, 0.25) is 11.0 Å². The third-order valence-electron chi connectivity index (χ3n) is 2.75. The maximum absolute atomic E-state index is 12.0. The van der Waals surface area contributed by atoms with Crippen molar-refractivity contribution in [3.05, 3.63) is 39.3 Å². The van der Waals surface area contributed by atoms with E-state index < -0.39 is 0 Å². The van der Waals surface area contributed by atoms with Gasteiger partial charge in [0.05, 0.1) is 0 Å². The molecule has 0 aliphatic carbocycles. The molecule has 0 spiro atoms. The van der Waals surface area contributed by atoms with Gasteiger partial charge in [-0.15, -0.1) is 10.2 Å². The molecule has 0 radical (unpaired) electrons. The van der Waals surface area contributed by atoms with Gasteiger partial charge < -0.3 is 10.6 Å². The Labute approximate surface area is 140 Å². The second-order valence-corrected chi connectivity index (χ2v) is 6.40. The number of halogens is 1. The van der Waals surface area contributed by atoms with Crippen molar-refractivity contribution in [2.24, 2.45) is 0 Å². The average Bonchev–Trinajstić information content (AvgIpc) is 2.94. The summed E-state index contributed by atoms with van der Waals surface area (Å²) in [5.74, 6) is -0.226. The van der Waals surface area contributed by atoms with Gasteiger partial charge in [0.1, 0.15) is 5.01 Å². The van der Waals surface area contributed by atoms with Crippen LogP contribution in [-0.4, -0.2) is 28.6 Å². The van der Waals surface area contributed by atoms with E-state index in [0.717, 1.165) is 9.48 Å². The van der Waals surface area contributed by atoms with Crippen LogP contribution in [-0.2, 0) is 11.2 Å². The molecule has 2 amide bonds. The molecular formula is C14H15BrN4O2S. The largest absolute Gasteiger partial charge is 0.352 e. The lowest BCUT2D eigenvalue weighted by Gasteiger charge is -2.04. The maximum atomic E-state index is 12.0. The van der Waals surface area contributed by atoms with Gasteiger partial charge in [0, 0.05) is 29.4 Å². The Morgan fingerprint density at radius 2 is 2.14 bits per heavy atom. The van der Waals surface area contributed by atoms with E-state index in [1.54, 1.807) is 19.1 Å². The van der Waals surface area contributed by atoms with Gasteiger partial charge in [0.25, 0.3) is 5.91 Å². The molecule has 22 heavy (non-hydrogen) atoms. The van der Waals surface area contributed by atoms with E-state index in [9.17, 15) is 9.59 Å². The second kappa shape index (κ2) is 8.00. The van der Waals surface area contributed by atoms with E-state index in [1.165, 1.54) is 11.3 Å². The van der Waals surface area contributed by atoms with Crippen LogP contribution in [0.3, 0.4) is 0 Å². The number of aromatic nitrogens is 2. The number of anilines is 1. The smallest absolute Gasteiger partial charge is 0.251 e. The second-order valence-electron chi connectivity index (χ2n) is 4.42. The van der Waals surface area contributed by atoms with Crippen LogP contribution in [0.4, 0.5) is 5.13 Å². The molecule has 0 aliphatic heterocycles. The minimum Gasteiger partial charge on any atom is -0.352 e. The summed E-state index contributed by atoms with van der Waals surface area (Å²) in [6.45, 7) is 2.23. The van der Waals surface area contributed by atoms with Crippen molar-refractivity contribution < 1.29 is 9.59 Å². The highest BCUT2D eigenvalue weighted by Crippen LogP contribution is 2.15. The van der Waals surface area contributed by atoms with Crippen LogP contribution in [0.1, 0.15) is 28.7 Å². The van der Waals surface area contributed by atoms with Crippen LogP contribution in [0.5, 0.6) is 0 Å². The first-order valence-electron chi connectivity index (χ1n) is 6.74. The van der Waals surface area contributed by atoms with Crippen LogP contribution in [0.2, 0.25) is 0 Å². The van der Waals surface area contributed by atoms with Crippen LogP contribution < -0.4 is 10.6 Å². The Morgan fingerprint density at radius 3 is 2.86 bits per heavy atom. The summed E-state index contributed by atoms with van der Waals surface area (Å²) in [7, 11) is 0. The van der Waals surface area contributed by atoms with Gasteiger partial charge in [-0.25, -0.2) is 0 Å². The van der Waals surface area contributed by atoms with E-state index in [0.29, 0.717) is 30.1 Å². The van der Waals surface area contributed by atoms with Gasteiger partial charge in [-0.3, -0.25) is 9.59 Å². The summed E-state index contributed by atoms with van der Waals surface area (Å²) in [6, 6.07) is 7.19. The summed E-state index contributed by atoms with van der Waals surface area (Å²) < 4.78 is 0.862. The quantitative estimate of drug-likeness (QED) is 0.803. The van der Waals surface area contributed by atoms with Crippen LogP contribution >= 0.6 is 27.3 Å². The Hall–Kier alpha value is -1.80. The van der Waals surface area contributed by atoms with Crippen LogP contribution in [0, 0.1) is 0 Å². The van der Waals surface area contributed by atoms with E-state index in [1.807, 2.05) is 12.1 Å². The molecule has 0 bridgehead atoms. The van der Waals surface area contributed by atoms with Crippen molar-refractivity contribution in [3.8, 4) is 0 Å². The summed E-state index contributed by atoms with van der Waals surface area (Å²) in [5, 5.41) is 14.6. The van der Waals surface area contributed by atoms with Gasteiger partial charge in [-0.2, -0.15) is 0 Å². The van der Waals surface area contributed by atoms with Crippen molar-refractivity contribution in [2.75, 3.05) is 11.9 Å². The van der Waals surface area contributed by atoms with E-state index in [-0.39, 0.29) is 11.8 Å². The fourth-order valence-corrected chi connectivity index (χ4v) is 2.78. The SMILES string of the molecule is CCC(=O)Nc1nnc(CCNC(=O)c2cccc(Br)c2)s1. The van der Waals surface area contributed by atoms with Crippen molar-refractivity contribution >= 4 is 44.2 Å². The molecule has 0 fully saturated rings. The molecule has 1 aromatic heterocycles. The summed E-state index contributed by atoms with van der Waals surface area (Å²) in [6.07, 6.45) is 0.969. The fourth-order valence-electron chi connectivity index (χ4n) is 1.63. The Bertz CT molecular complexity index is 674. The highest BCUT2D eigenvalue weighted by molar-refractivity contribution is 9.10. The number of hydrogen-bond acceptors (Lipinski definition) is 5. The standard InChI is InChI=1S/C14H15BrN4O2S/c1-2-11(20)17-14-19-18-12(22-14)6-7-16-13(21)9-4-3-5-10(15)8-9/h3-5,8H,2,6-7H2,1H3,(H,16,21)(H,17,19,20). The monoisotopic (exact) mass is 382 g/mol. The summed E-state index contributed by atoms with van der Waals surface area (Å²) in [4.78, 5) is 23.2. The molecule has 116 valence electrons. The number of benzene rings is 1. The zero-order chi connectivity index (χ0) is 15.9. The molecule has 0 aliphatic rings. The third kappa shape index (κ3) is 4.88. The topological polar surface area (TPSA) is 84.0 Å². The van der Waals surface area contributed by atoms with Gasteiger partial charge in [-0.05, 0) is 18.2 Å². The number of carbonyl (C=O) groups excluding carboxylic acids is 2. The number of amides is 2. The van der Waals surface area contributed by atoms with Crippen molar-refractivity contribution in [3.63, 3.8) is 0 Å². The fraction of sp³-hybridized carbons (Fsp3) is 0.286. The predicted molar refractivity (Wildman–Crippen MR) is 89.0 cm³/mol. The lowest BCUT2D eigenvalue weighted by Crippen LogP contribution is -2.25. The number of rotatable bonds is 6. The Morgan fingerprint density at radius 1 is 1.32 bits per heavy atom. The van der Waals surface area contributed by atoms with Crippen molar-refractivity contribution in [2.45, 2.75) is 19.8 Å². The van der Waals surface area contributed by atoms with E-state index >= 15 is 0 Å². The molecule has 0 saturated carbocycles. The van der Waals surface area contributed by atoms with Crippen LogP contribution in [0.25, 0.3) is 0 Å². The van der Waals surface area contributed by atoms with E-state index in [4.69, 9.17) is 0 Å². The van der Waals surface area contributed by atoms with Gasteiger partial charge in [-0.1, -0.05) is 40.3 Å². The van der Waals surface area contributed by atoms with Crippen molar-refractivity contribution in [1.29, 1.82) is 0 Å². The molecule has 6 nitrogen and oxygen atoms in total. The first kappa shape index (κ1) is 16.6. The number of carbonyl (C=O) groups is 2. The molecule has 1 aromatic carbocycles. The number of hydrogen-bond donors (Lipinski definition) is 2. The zero-order valence-corrected chi connectivity index (χ0v) is 14.3. The summed E-state index contributed by atoms with van der Waals surface area (Å²) >= 11 is 4.65. The summed E-state index contributed by atoms with van der Waals surface area (Å²) in [5.41, 5.74) is 0.600. The number of nitrogens with one attached hydrogen (secondary N) is 2. The molecule has 2 aromatic rings. The molecule has 0 unspecified atom stereocenters. The Kier molecular flexibility index (Phi) is 6.02. The highest BCUT2D eigenvalue weighted by Gasteiger charge is 2.08. The average molecular weight is 383 g/mol. The minimum atomic E-state index is -0.134. The van der Waals surface area contributed by atoms with Gasteiger partial charge in [0.15, 0.2) is 0 Å². The third-order valence-corrected chi connectivity index (χ3v) is 4.14. The highest BCUT2D eigenvalue weighted by atomic mass is 79.9. The molecule has 0 saturated heterocycles. The van der Waals surface area contributed by atoms with E-state index in [2.05, 4.69) is 36.8 Å². The molecule has 1 heterocycles. The lowest BCUT2D eigenvalue weighted by molar-refractivity contribution is -0.115. The minimum absolute atomic E-state index is 0.0920. The molecule has 0 atom stereocenters. The van der Waals surface area contributed by atoms with Crippen molar-refractivity contribution in [1.82, 2.24) is 15.5 Å². The molecule has 8 heteroatoms. The molecule has 2 rings (SSSR count). The van der Waals surface area contributed by atoms with Crippen LogP contribution in [0.15, 0.2) is 28.7 Å². The predicted octanol–water partition coefficient (Wildman–Crippen LogP) is 2.62. The lowest BCUT2D eigenvalue weighted by atomic mass is 10.2. The van der Waals surface area contributed by atoms with Gasteiger partial charge >= 0.3 is 0 Å². The molecule has 2 N–H and O–H groups in total. The Balaban J connectivity index is 1.81. The number of nitrogens with zero attached hydrogens (tertiary/aromatic N) is 2. The normalized spacial score (nSPS) is 10.3. The zero-order valence-electron chi connectivity index (χ0n) is 11.9.